The third-order valence-electron chi connectivity index (χ3n) is 2.01. The second kappa shape index (κ2) is 7.06. The fourth-order valence-corrected chi connectivity index (χ4v) is 1.89. The predicted molar refractivity (Wildman–Crippen MR) is 67.6 cm³/mol. The summed E-state index contributed by atoms with van der Waals surface area (Å²) >= 11 is 1.39. The van der Waals surface area contributed by atoms with Gasteiger partial charge in [0.05, 0.1) is 14.2 Å². The summed E-state index contributed by atoms with van der Waals surface area (Å²) in [4.78, 5) is 11.4. The lowest BCUT2D eigenvalue weighted by Gasteiger charge is -2.15. The molecule has 0 aliphatic carbocycles. The number of carbonyl (C=O) groups excluding carboxylic acids is 1. The van der Waals surface area contributed by atoms with Crippen molar-refractivity contribution in [3.05, 3.63) is 24.3 Å². The van der Waals surface area contributed by atoms with Gasteiger partial charge in [-0.1, -0.05) is 6.92 Å². The molecule has 0 saturated heterocycles. The second-order valence-electron chi connectivity index (χ2n) is 3.10. The molecule has 0 bridgehead atoms. The first-order chi connectivity index (χ1) is 8.21. The minimum Gasteiger partial charge on any atom is -0.497 e. The van der Waals surface area contributed by atoms with Crippen LogP contribution in [0.5, 0.6) is 11.5 Å². The third-order valence-corrected chi connectivity index (χ3v) is 2.94. The fourth-order valence-electron chi connectivity index (χ4n) is 1.18. The maximum absolute atomic E-state index is 11.4. The zero-order valence-electron chi connectivity index (χ0n) is 10.1. The summed E-state index contributed by atoms with van der Waals surface area (Å²) in [7, 11) is 2.95. The molecule has 0 N–H and O–H groups in total. The van der Waals surface area contributed by atoms with Crippen molar-refractivity contribution in [3.8, 4) is 11.5 Å². The highest BCUT2D eigenvalue weighted by molar-refractivity contribution is 8.00. The lowest BCUT2D eigenvalue weighted by Crippen LogP contribution is -2.25. The highest BCUT2D eigenvalue weighted by Gasteiger charge is 2.20. The molecule has 0 saturated carbocycles. The van der Waals surface area contributed by atoms with Gasteiger partial charge in [-0.3, -0.25) is 0 Å². The molecule has 0 fully saturated rings. The van der Waals surface area contributed by atoms with E-state index in [1.54, 1.807) is 31.4 Å². The quantitative estimate of drug-likeness (QED) is 0.577. The monoisotopic (exact) mass is 256 g/mol. The van der Waals surface area contributed by atoms with E-state index in [1.807, 2.05) is 6.92 Å². The average Bonchev–Trinajstić information content (AvgIpc) is 2.38. The van der Waals surface area contributed by atoms with Crippen molar-refractivity contribution in [1.29, 1.82) is 0 Å². The van der Waals surface area contributed by atoms with Gasteiger partial charge >= 0.3 is 5.97 Å². The van der Waals surface area contributed by atoms with Gasteiger partial charge in [-0.05, 0) is 30.0 Å². The molecule has 1 atom stereocenters. The summed E-state index contributed by atoms with van der Waals surface area (Å²) in [5.41, 5.74) is -0.626. The van der Waals surface area contributed by atoms with E-state index >= 15 is 0 Å². The van der Waals surface area contributed by atoms with Gasteiger partial charge in [-0.2, -0.15) is 0 Å². The summed E-state index contributed by atoms with van der Waals surface area (Å²) in [6, 6.07) is 7.07. The van der Waals surface area contributed by atoms with Crippen LogP contribution >= 0.6 is 11.8 Å². The SMILES string of the molecule is CCSC(Oc1ccc(OC)cc1)C(=O)OC. The third kappa shape index (κ3) is 4.19. The molecular formula is C12H16O4S. The van der Waals surface area contributed by atoms with Crippen molar-refractivity contribution in [3.63, 3.8) is 0 Å². The second-order valence-corrected chi connectivity index (χ2v) is 4.44. The number of thioether (sulfide) groups is 1. The Morgan fingerprint density at radius 2 is 1.82 bits per heavy atom. The van der Waals surface area contributed by atoms with E-state index in [-0.39, 0.29) is 5.97 Å². The largest absolute Gasteiger partial charge is 0.497 e. The molecule has 5 heteroatoms. The number of carbonyl (C=O) groups is 1. The van der Waals surface area contributed by atoms with E-state index < -0.39 is 5.44 Å². The van der Waals surface area contributed by atoms with Gasteiger partial charge in [0.2, 0.25) is 5.44 Å². The molecule has 0 radical (unpaired) electrons. The standard InChI is InChI=1S/C12H16O4S/c1-4-17-12(11(13)15-3)16-10-7-5-9(14-2)6-8-10/h5-8,12H,4H2,1-3H3. The van der Waals surface area contributed by atoms with Crippen molar-refractivity contribution < 1.29 is 19.0 Å². The van der Waals surface area contributed by atoms with E-state index in [1.165, 1.54) is 18.9 Å². The molecule has 94 valence electrons. The van der Waals surface area contributed by atoms with Crippen LogP contribution < -0.4 is 9.47 Å². The van der Waals surface area contributed by atoms with Crippen LogP contribution in [-0.2, 0) is 9.53 Å². The van der Waals surface area contributed by atoms with Crippen molar-refractivity contribution in [2.75, 3.05) is 20.0 Å². The molecule has 0 amide bonds. The molecule has 1 unspecified atom stereocenters. The molecule has 0 aliphatic heterocycles. The van der Waals surface area contributed by atoms with E-state index in [0.29, 0.717) is 5.75 Å². The van der Waals surface area contributed by atoms with Crippen LogP contribution in [0.4, 0.5) is 0 Å². The topological polar surface area (TPSA) is 44.8 Å². The highest BCUT2D eigenvalue weighted by Crippen LogP contribution is 2.22. The van der Waals surface area contributed by atoms with Crippen LogP contribution in [0.3, 0.4) is 0 Å². The first-order valence-electron chi connectivity index (χ1n) is 5.21. The van der Waals surface area contributed by atoms with Crippen molar-refractivity contribution >= 4 is 17.7 Å². The number of benzene rings is 1. The normalized spacial score (nSPS) is 11.7. The van der Waals surface area contributed by atoms with Gasteiger partial charge < -0.3 is 14.2 Å². The average molecular weight is 256 g/mol. The van der Waals surface area contributed by atoms with Crippen molar-refractivity contribution in [2.45, 2.75) is 12.4 Å². The summed E-state index contributed by atoms with van der Waals surface area (Å²) in [6.07, 6.45) is 0. The van der Waals surface area contributed by atoms with Crippen LogP contribution in [0.2, 0.25) is 0 Å². The molecule has 0 aromatic heterocycles. The molecule has 1 aromatic rings. The Bertz CT molecular complexity index is 350. The minimum absolute atomic E-state index is 0.382. The predicted octanol–water partition coefficient (Wildman–Crippen LogP) is 2.33. The number of hydrogen-bond acceptors (Lipinski definition) is 5. The van der Waals surface area contributed by atoms with Gasteiger partial charge in [0, 0.05) is 0 Å². The Morgan fingerprint density at radius 3 is 2.29 bits per heavy atom. The smallest absolute Gasteiger partial charge is 0.357 e. The molecule has 0 spiro atoms. The molecule has 17 heavy (non-hydrogen) atoms. The Hall–Kier alpha value is -1.36. The van der Waals surface area contributed by atoms with Gasteiger partial charge in [0.25, 0.3) is 0 Å². The van der Waals surface area contributed by atoms with Gasteiger partial charge in [-0.25, -0.2) is 4.79 Å². The Morgan fingerprint density at radius 1 is 1.24 bits per heavy atom. The Balaban J connectivity index is 2.68. The first kappa shape index (κ1) is 13.7. The molecule has 4 nitrogen and oxygen atoms in total. The van der Waals surface area contributed by atoms with Crippen LogP contribution in [0.15, 0.2) is 24.3 Å². The molecule has 1 aromatic carbocycles. The molecule has 1 rings (SSSR count). The molecule has 0 heterocycles. The number of rotatable bonds is 6. The van der Waals surface area contributed by atoms with E-state index in [9.17, 15) is 4.79 Å². The molecular weight excluding hydrogens is 240 g/mol. The highest BCUT2D eigenvalue weighted by atomic mass is 32.2. The van der Waals surface area contributed by atoms with Crippen molar-refractivity contribution in [1.82, 2.24) is 0 Å². The van der Waals surface area contributed by atoms with E-state index in [2.05, 4.69) is 4.74 Å². The first-order valence-corrected chi connectivity index (χ1v) is 6.26. The number of hydrogen-bond donors (Lipinski definition) is 0. The van der Waals surface area contributed by atoms with E-state index in [0.717, 1.165) is 11.5 Å². The van der Waals surface area contributed by atoms with Crippen LogP contribution in [0.25, 0.3) is 0 Å². The fraction of sp³-hybridized carbons (Fsp3) is 0.417. The maximum Gasteiger partial charge on any atom is 0.357 e. The van der Waals surface area contributed by atoms with E-state index in [4.69, 9.17) is 9.47 Å². The Kier molecular flexibility index (Phi) is 5.69. The summed E-state index contributed by atoms with van der Waals surface area (Å²) in [6.45, 7) is 1.96. The minimum atomic E-state index is -0.626. The lowest BCUT2D eigenvalue weighted by atomic mass is 10.3. The zero-order chi connectivity index (χ0) is 12.7. The maximum atomic E-state index is 11.4. The summed E-state index contributed by atoms with van der Waals surface area (Å²) in [5.74, 6) is 1.75. The summed E-state index contributed by atoms with van der Waals surface area (Å²) < 4.78 is 15.3. The summed E-state index contributed by atoms with van der Waals surface area (Å²) in [5, 5.41) is 0. The van der Waals surface area contributed by atoms with Crippen LogP contribution in [0, 0.1) is 0 Å². The van der Waals surface area contributed by atoms with Gasteiger partial charge in [0.1, 0.15) is 11.5 Å². The zero-order valence-corrected chi connectivity index (χ0v) is 11.0. The number of methoxy groups -OCH3 is 2. The van der Waals surface area contributed by atoms with Gasteiger partial charge in [-0.15, -0.1) is 11.8 Å². The lowest BCUT2D eigenvalue weighted by molar-refractivity contribution is -0.144. The number of ether oxygens (including phenoxy) is 3. The Labute approximate surface area is 105 Å². The van der Waals surface area contributed by atoms with Gasteiger partial charge in [0.15, 0.2) is 0 Å². The van der Waals surface area contributed by atoms with Crippen LogP contribution in [-0.4, -0.2) is 31.4 Å². The van der Waals surface area contributed by atoms with Crippen molar-refractivity contribution in [2.24, 2.45) is 0 Å². The van der Waals surface area contributed by atoms with Crippen LogP contribution in [0.1, 0.15) is 6.92 Å². The molecule has 0 aliphatic rings. The number of esters is 1.